The smallest absolute Gasteiger partial charge is 0.313 e. The lowest BCUT2D eigenvalue weighted by molar-refractivity contribution is -0.385. The maximum atomic E-state index is 11.1. The molecular weight excluding hydrogens is 380 g/mol. The Balaban J connectivity index is 2.51. The second-order valence-electron chi connectivity index (χ2n) is 3.72. The molecule has 0 N–H and O–H groups in total. The van der Waals surface area contributed by atoms with Crippen molar-refractivity contribution in [2.45, 2.75) is 6.92 Å². The highest BCUT2D eigenvalue weighted by atomic mass is 79.9. The minimum absolute atomic E-state index is 0.107. The minimum Gasteiger partial charge on any atom is -0.430 e. The van der Waals surface area contributed by atoms with Gasteiger partial charge in [0, 0.05) is 22.3 Å². The van der Waals surface area contributed by atoms with E-state index >= 15 is 0 Å². The quantitative estimate of drug-likeness (QED) is 0.569. The van der Waals surface area contributed by atoms with Crippen molar-refractivity contribution in [3.8, 4) is 11.6 Å². The molecule has 0 aliphatic rings. The number of benzene rings is 1. The summed E-state index contributed by atoms with van der Waals surface area (Å²) in [6, 6.07) is 6.64. The van der Waals surface area contributed by atoms with Crippen LogP contribution in [0.5, 0.6) is 11.6 Å². The van der Waals surface area contributed by atoms with E-state index in [0.29, 0.717) is 14.5 Å². The fourth-order valence-electron chi connectivity index (χ4n) is 1.52. The topological polar surface area (TPSA) is 65.3 Å². The number of hydrogen-bond donors (Lipinski definition) is 0. The molecule has 2 aromatic rings. The van der Waals surface area contributed by atoms with Gasteiger partial charge in [0.15, 0.2) is 0 Å². The van der Waals surface area contributed by atoms with E-state index < -0.39 is 4.92 Å². The molecule has 1 aromatic carbocycles. The van der Waals surface area contributed by atoms with Crippen molar-refractivity contribution in [2.24, 2.45) is 0 Å². The highest BCUT2D eigenvalue weighted by Gasteiger charge is 2.20. The van der Waals surface area contributed by atoms with Crippen LogP contribution in [0, 0.1) is 17.0 Å². The molecule has 2 rings (SSSR count). The van der Waals surface area contributed by atoms with E-state index in [1.165, 1.54) is 6.07 Å². The first-order valence-electron chi connectivity index (χ1n) is 5.22. The van der Waals surface area contributed by atoms with Crippen LogP contribution in [0.2, 0.25) is 0 Å². The third-order valence-electron chi connectivity index (χ3n) is 2.34. The van der Waals surface area contributed by atoms with Gasteiger partial charge in [-0.2, -0.15) is 0 Å². The van der Waals surface area contributed by atoms with Gasteiger partial charge in [-0.3, -0.25) is 10.1 Å². The number of nitro benzene ring substituents is 1. The molecule has 0 aliphatic heterocycles. The molecule has 0 unspecified atom stereocenters. The van der Waals surface area contributed by atoms with E-state index in [1.54, 1.807) is 31.3 Å². The summed E-state index contributed by atoms with van der Waals surface area (Å²) in [5.74, 6) is 0.476. The van der Waals surface area contributed by atoms with Crippen molar-refractivity contribution in [3.63, 3.8) is 0 Å². The maximum absolute atomic E-state index is 11.1. The Bertz CT molecular complexity index is 647. The first-order valence-corrected chi connectivity index (χ1v) is 6.80. The van der Waals surface area contributed by atoms with E-state index in [-0.39, 0.29) is 17.3 Å². The second kappa shape index (κ2) is 5.66. The third-order valence-corrected chi connectivity index (χ3v) is 3.40. The third kappa shape index (κ3) is 3.10. The lowest BCUT2D eigenvalue weighted by atomic mass is 10.2. The van der Waals surface area contributed by atoms with Crippen LogP contribution in [0.3, 0.4) is 0 Å². The van der Waals surface area contributed by atoms with Gasteiger partial charge in [-0.25, -0.2) is 4.98 Å². The summed E-state index contributed by atoms with van der Waals surface area (Å²) in [5, 5.41) is 11.1. The van der Waals surface area contributed by atoms with E-state index in [4.69, 9.17) is 4.74 Å². The number of ether oxygens (including phenoxy) is 1. The van der Waals surface area contributed by atoms with Gasteiger partial charge < -0.3 is 4.74 Å². The van der Waals surface area contributed by atoms with Gasteiger partial charge in [0.2, 0.25) is 11.6 Å². The molecule has 19 heavy (non-hydrogen) atoms. The lowest BCUT2D eigenvalue weighted by Crippen LogP contribution is -1.97. The second-order valence-corrected chi connectivity index (χ2v) is 5.49. The Labute approximate surface area is 126 Å². The van der Waals surface area contributed by atoms with Crippen LogP contribution in [0.25, 0.3) is 0 Å². The number of aryl methyl sites for hydroxylation is 1. The fourth-order valence-corrected chi connectivity index (χ4v) is 2.42. The molecule has 0 spiro atoms. The predicted molar refractivity (Wildman–Crippen MR) is 77.5 cm³/mol. The molecule has 0 fully saturated rings. The Morgan fingerprint density at radius 2 is 2.11 bits per heavy atom. The number of nitrogens with zero attached hydrogens (tertiary/aromatic N) is 2. The molecule has 98 valence electrons. The molecule has 0 saturated carbocycles. The first kappa shape index (κ1) is 14.0. The number of hydrogen-bond acceptors (Lipinski definition) is 4. The van der Waals surface area contributed by atoms with E-state index in [0.717, 1.165) is 0 Å². The first-order chi connectivity index (χ1) is 8.99. The Morgan fingerprint density at radius 3 is 2.74 bits per heavy atom. The lowest BCUT2D eigenvalue weighted by Gasteiger charge is -2.09. The van der Waals surface area contributed by atoms with Crippen LogP contribution in [-0.2, 0) is 0 Å². The van der Waals surface area contributed by atoms with Gasteiger partial charge in [-0.05, 0) is 41.1 Å². The highest BCUT2D eigenvalue weighted by molar-refractivity contribution is 9.10. The van der Waals surface area contributed by atoms with Crippen molar-refractivity contribution in [2.75, 3.05) is 0 Å². The fraction of sp³-hybridized carbons (Fsp3) is 0.0833. The molecule has 5 nitrogen and oxygen atoms in total. The Kier molecular flexibility index (Phi) is 4.16. The molecule has 0 aliphatic carbocycles. The van der Waals surface area contributed by atoms with Gasteiger partial charge in [-0.1, -0.05) is 15.9 Å². The molecule has 0 saturated heterocycles. The normalized spacial score (nSPS) is 10.3. The van der Waals surface area contributed by atoms with Crippen molar-refractivity contribution < 1.29 is 9.66 Å². The van der Waals surface area contributed by atoms with Gasteiger partial charge in [-0.15, -0.1) is 0 Å². The Hall–Kier alpha value is -1.47. The zero-order chi connectivity index (χ0) is 14.0. The summed E-state index contributed by atoms with van der Waals surface area (Å²) >= 11 is 6.52. The zero-order valence-electron chi connectivity index (χ0n) is 9.76. The number of nitro groups is 1. The summed E-state index contributed by atoms with van der Waals surface area (Å²) in [6.45, 7) is 1.74. The van der Waals surface area contributed by atoms with Crippen LogP contribution >= 0.6 is 31.9 Å². The monoisotopic (exact) mass is 386 g/mol. The average molecular weight is 388 g/mol. The van der Waals surface area contributed by atoms with Gasteiger partial charge >= 0.3 is 5.69 Å². The number of halogens is 2. The molecule has 0 radical (unpaired) electrons. The summed E-state index contributed by atoms with van der Waals surface area (Å²) in [5.41, 5.74) is 0.544. The highest BCUT2D eigenvalue weighted by Crippen LogP contribution is 2.38. The van der Waals surface area contributed by atoms with Crippen LogP contribution in [0.15, 0.2) is 39.4 Å². The molecule has 1 heterocycles. The number of pyridine rings is 1. The van der Waals surface area contributed by atoms with Crippen molar-refractivity contribution in [1.82, 2.24) is 4.98 Å². The zero-order valence-corrected chi connectivity index (χ0v) is 12.9. The van der Waals surface area contributed by atoms with Crippen molar-refractivity contribution in [3.05, 3.63) is 55.1 Å². The minimum atomic E-state index is -0.482. The number of rotatable bonds is 3. The van der Waals surface area contributed by atoms with Crippen molar-refractivity contribution >= 4 is 37.5 Å². The summed E-state index contributed by atoms with van der Waals surface area (Å²) in [7, 11) is 0. The standard InChI is InChI=1S/C12H8Br2N2O3/c1-7-5-8(13)6-10(16(17)18)11(7)19-12-9(14)3-2-4-15-12/h2-6H,1H3. The average Bonchev–Trinajstić information content (AvgIpc) is 2.34. The summed E-state index contributed by atoms with van der Waals surface area (Å²) < 4.78 is 6.83. The molecule has 1 aromatic heterocycles. The molecule has 7 heteroatoms. The molecule has 0 atom stereocenters. The van der Waals surface area contributed by atoms with Crippen LogP contribution < -0.4 is 4.74 Å². The van der Waals surface area contributed by atoms with E-state index in [9.17, 15) is 10.1 Å². The van der Waals surface area contributed by atoms with Gasteiger partial charge in [0.1, 0.15) is 0 Å². The maximum Gasteiger partial charge on any atom is 0.313 e. The van der Waals surface area contributed by atoms with Crippen LogP contribution in [0.4, 0.5) is 5.69 Å². The Morgan fingerprint density at radius 1 is 1.37 bits per heavy atom. The molecule has 0 bridgehead atoms. The van der Waals surface area contributed by atoms with E-state index in [1.807, 2.05) is 0 Å². The van der Waals surface area contributed by atoms with E-state index in [2.05, 4.69) is 36.8 Å². The van der Waals surface area contributed by atoms with Crippen LogP contribution in [0.1, 0.15) is 5.56 Å². The largest absolute Gasteiger partial charge is 0.430 e. The van der Waals surface area contributed by atoms with Crippen molar-refractivity contribution in [1.29, 1.82) is 0 Å². The van der Waals surface area contributed by atoms with Crippen LogP contribution in [-0.4, -0.2) is 9.91 Å². The summed E-state index contributed by atoms with van der Waals surface area (Å²) in [6.07, 6.45) is 1.56. The van der Waals surface area contributed by atoms with Gasteiger partial charge in [0.05, 0.1) is 9.40 Å². The molecular formula is C12H8Br2N2O3. The number of aromatic nitrogens is 1. The molecule has 0 amide bonds. The summed E-state index contributed by atoms with van der Waals surface area (Å²) in [4.78, 5) is 14.6. The predicted octanol–water partition coefficient (Wildman–Crippen LogP) is 4.62. The SMILES string of the molecule is Cc1cc(Br)cc([N+](=O)[O-])c1Oc1ncccc1Br. The van der Waals surface area contributed by atoms with Gasteiger partial charge in [0.25, 0.3) is 0 Å².